The van der Waals surface area contributed by atoms with Crippen LogP contribution in [0.3, 0.4) is 0 Å². The Morgan fingerprint density at radius 3 is 3.00 bits per heavy atom. The zero-order chi connectivity index (χ0) is 13.9. The van der Waals surface area contributed by atoms with E-state index >= 15 is 0 Å². The number of amides is 1. The van der Waals surface area contributed by atoms with Crippen LogP contribution >= 0.6 is 0 Å². The van der Waals surface area contributed by atoms with Gasteiger partial charge in [-0.15, -0.1) is 0 Å². The van der Waals surface area contributed by atoms with Crippen LogP contribution in [0.5, 0.6) is 0 Å². The van der Waals surface area contributed by atoms with E-state index in [1.54, 1.807) is 6.92 Å². The highest BCUT2D eigenvalue weighted by molar-refractivity contribution is 5.93. The number of carbonyl (C=O) groups is 1. The van der Waals surface area contributed by atoms with Gasteiger partial charge in [-0.2, -0.15) is 4.98 Å². The van der Waals surface area contributed by atoms with Crippen molar-refractivity contribution in [2.75, 3.05) is 0 Å². The number of hydrogen-bond acceptors (Lipinski definition) is 4. The predicted octanol–water partition coefficient (Wildman–Crippen LogP) is 1.90. The van der Waals surface area contributed by atoms with Gasteiger partial charge in [0.2, 0.25) is 5.89 Å². The first kappa shape index (κ1) is 12.9. The molecule has 1 amide bonds. The Hall–Kier alpha value is -2.11. The zero-order valence-electron chi connectivity index (χ0n) is 11.5. The van der Waals surface area contributed by atoms with E-state index in [4.69, 9.17) is 4.52 Å². The Morgan fingerprint density at radius 2 is 2.30 bits per heavy atom. The third-order valence-corrected chi connectivity index (χ3v) is 3.63. The Balaban J connectivity index is 1.70. The molecule has 1 fully saturated rings. The molecular weight excluding hydrogens is 256 g/mol. The highest BCUT2D eigenvalue weighted by atomic mass is 16.5. The maximum atomic E-state index is 12.3. The number of nitrogens with zero attached hydrogens (tertiary/aromatic N) is 3. The van der Waals surface area contributed by atoms with E-state index in [2.05, 4.69) is 15.5 Å². The number of rotatable bonds is 4. The van der Waals surface area contributed by atoms with Crippen molar-refractivity contribution in [3.63, 3.8) is 0 Å². The summed E-state index contributed by atoms with van der Waals surface area (Å²) >= 11 is 0. The van der Waals surface area contributed by atoms with Crippen LogP contribution in [0, 0.1) is 6.92 Å². The molecule has 2 aromatic heterocycles. The molecule has 6 nitrogen and oxygen atoms in total. The van der Waals surface area contributed by atoms with Crippen molar-refractivity contribution < 1.29 is 9.32 Å². The SMILES string of the molecule is Cc1nc(Cn2cccc2C(=O)NC2CCCC2)no1. The second-order valence-electron chi connectivity index (χ2n) is 5.21. The van der Waals surface area contributed by atoms with Gasteiger partial charge in [-0.1, -0.05) is 18.0 Å². The minimum atomic E-state index is -0.0258. The van der Waals surface area contributed by atoms with Gasteiger partial charge in [-0.25, -0.2) is 0 Å². The van der Waals surface area contributed by atoms with Crippen LogP contribution in [0.4, 0.5) is 0 Å². The molecule has 0 aromatic carbocycles. The van der Waals surface area contributed by atoms with Gasteiger partial charge in [-0.05, 0) is 25.0 Å². The van der Waals surface area contributed by atoms with Crippen molar-refractivity contribution in [3.05, 3.63) is 35.7 Å². The summed E-state index contributed by atoms with van der Waals surface area (Å²) in [6.07, 6.45) is 6.42. The highest BCUT2D eigenvalue weighted by Gasteiger charge is 2.20. The van der Waals surface area contributed by atoms with Crippen molar-refractivity contribution >= 4 is 5.91 Å². The molecule has 0 bridgehead atoms. The predicted molar refractivity (Wildman–Crippen MR) is 72.3 cm³/mol. The third-order valence-electron chi connectivity index (χ3n) is 3.63. The lowest BCUT2D eigenvalue weighted by molar-refractivity contribution is 0.0929. The molecule has 0 radical (unpaired) electrons. The number of carbonyl (C=O) groups excluding carboxylic acids is 1. The molecule has 2 heterocycles. The lowest BCUT2D eigenvalue weighted by Crippen LogP contribution is -2.34. The molecule has 0 aliphatic heterocycles. The first-order valence-electron chi connectivity index (χ1n) is 6.97. The van der Waals surface area contributed by atoms with Crippen molar-refractivity contribution in [2.45, 2.75) is 45.2 Å². The second-order valence-corrected chi connectivity index (χ2v) is 5.21. The first-order chi connectivity index (χ1) is 9.72. The fourth-order valence-corrected chi connectivity index (χ4v) is 2.65. The van der Waals surface area contributed by atoms with Gasteiger partial charge < -0.3 is 14.4 Å². The molecule has 3 rings (SSSR count). The monoisotopic (exact) mass is 274 g/mol. The number of nitrogens with one attached hydrogen (secondary N) is 1. The van der Waals surface area contributed by atoms with Crippen molar-refractivity contribution in [1.82, 2.24) is 20.0 Å². The van der Waals surface area contributed by atoms with Crippen molar-refractivity contribution in [2.24, 2.45) is 0 Å². The largest absolute Gasteiger partial charge is 0.348 e. The van der Waals surface area contributed by atoms with Gasteiger partial charge in [0.25, 0.3) is 5.91 Å². The number of hydrogen-bond donors (Lipinski definition) is 1. The lowest BCUT2D eigenvalue weighted by Gasteiger charge is -2.13. The van der Waals surface area contributed by atoms with Crippen LogP contribution in [-0.2, 0) is 6.54 Å². The Bertz CT molecular complexity index is 596. The molecule has 1 N–H and O–H groups in total. The van der Waals surface area contributed by atoms with Crippen LogP contribution in [0.2, 0.25) is 0 Å². The third kappa shape index (κ3) is 2.74. The summed E-state index contributed by atoms with van der Waals surface area (Å²) in [5.74, 6) is 1.08. The fraction of sp³-hybridized carbons (Fsp3) is 0.500. The molecule has 1 aliphatic carbocycles. The second kappa shape index (κ2) is 5.48. The van der Waals surface area contributed by atoms with Gasteiger partial charge >= 0.3 is 0 Å². The van der Waals surface area contributed by atoms with Crippen LogP contribution in [-0.4, -0.2) is 26.7 Å². The van der Waals surface area contributed by atoms with E-state index in [1.165, 1.54) is 12.8 Å². The Labute approximate surface area is 117 Å². The average molecular weight is 274 g/mol. The zero-order valence-corrected chi connectivity index (χ0v) is 11.5. The summed E-state index contributed by atoms with van der Waals surface area (Å²) in [5.41, 5.74) is 0.638. The molecule has 1 aliphatic rings. The molecule has 6 heteroatoms. The highest BCUT2D eigenvalue weighted by Crippen LogP contribution is 2.18. The molecule has 106 valence electrons. The summed E-state index contributed by atoms with van der Waals surface area (Å²) in [4.78, 5) is 16.4. The topological polar surface area (TPSA) is 73.0 Å². The number of aromatic nitrogens is 3. The van der Waals surface area contributed by atoms with E-state index in [0.29, 0.717) is 30.0 Å². The van der Waals surface area contributed by atoms with Crippen molar-refractivity contribution in [3.8, 4) is 0 Å². The molecule has 2 aromatic rings. The maximum absolute atomic E-state index is 12.3. The van der Waals surface area contributed by atoms with Gasteiger partial charge in [0, 0.05) is 19.2 Å². The van der Waals surface area contributed by atoms with E-state index in [-0.39, 0.29) is 5.91 Å². The van der Waals surface area contributed by atoms with E-state index in [9.17, 15) is 4.79 Å². The Kier molecular flexibility index (Phi) is 3.54. The van der Waals surface area contributed by atoms with Gasteiger partial charge in [0.15, 0.2) is 5.82 Å². The van der Waals surface area contributed by atoms with Gasteiger partial charge in [0.05, 0.1) is 6.54 Å². The molecule has 0 saturated heterocycles. The van der Waals surface area contributed by atoms with Gasteiger partial charge in [-0.3, -0.25) is 4.79 Å². The minimum absolute atomic E-state index is 0.0258. The molecule has 0 atom stereocenters. The molecular formula is C14H18N4O2. The Morgan fingerprint density at radius 1 is 1.50 bits per heavy atom. The van der Waals surface area contributed by atoms with Crippen LogP contribution in [0.15, 0.2) is 22.9 Å². The lowest BCUT2D eigenvalue weighted by atomic mass is 10.2. The molecule has 1 saturated carbocycles. The summed E-state index contributed by atoms with van der Waals surface area (Å²) in [6.45, 7) is 2.19. The quantitative estimate of drug-likeness (QED) is 0.924. The van der Waals surface area contributed by atoms with E-state index < -0.39 is 0 Å². The van der Waals surface area contributed by atoms with Crippen LogP contribution in [0.25, 0.3) is 0 Å². The summed E-state index contributed by atoms with van der Waals surface area (Å²) < 4.78 is 6.79. The summed E-state index contributed by atoms with van der Waals surface area (Å²) in [5, 5.41) is 6.94. The maximum Gasteiger partial charge on any atom is 0.268 e. The summed E-state index contributed by atoms with van der Waals surface area (Å²) in [6, 6.07) is 3.99. The average Bonchev–Trinajstić information content (AvgIpc) is 3.12. The molecule has 0 spiro atoms. The van der Waals surface area contributed by atoms with Crippen molar-refractivity contribution in [1.29, 1.82) is 0 Å². The standard InChI is InChI=1S/C14H18N4O2/c1-10-15-13(17-20-10)9-18-8-4-7-12(18)14(19)16-11-5-2-3-6-11/h4,7-8,11H,2-3,5-6,9H2,1H3,(H,16,19). The molecule has 0 unspecified atom stereocenters. The van der Waals surface area contributed by atoms with E-state index in [1.807, 2.05) is 22.9 Å². The smallest absolute Gasteiger partial charge is 0.268 e. The van der Waals surface area contributed by atoms with Crippen LogP contribution < -0.4 is 5.32 Å². The van der Waals surface area contributed by atoms with E-state index in [0.717, 1.165) is 12.8 Å². The normalized spacial score (nSPS) is 15.7. The van der Waals surface area contributed by atoms with Gasteiger partial charge in [0.1, 0.15) is 5.69 Å². The van der Waals surface area contributed by atoms with Crippen LogP contribution in [0.1, 0.15) is 47.9 Å². The summed E-state index contributed by atoms with van der Waals surface area (Å²) in [7, 11) is 0. The minimum Gasteiger partial charge on any atom is -0.348 e. The first-order valence-corrected chi connectivity index (χ1v) is 6.97. The number of aryl methyl sites for hydroxylation is 1. The molecule has 20 heavy (non-hydrogen) atoms. The fourth-order valence-electron chi connectivity index (χ4n) is 2.65.